The van der Waals surface area contributed by atoms with Crippen molar-refractivity contribution in [2.45, 2.75) is 0 Å². The van der Waals surface area contributed by atoms with Crippen LogP contribution in [0.1, 0.15) is 5.56 Å². The fourth-order valence-electron chi connectivity index (χ4n) is 1.58. The Morgan fingerprint density at radius 3 is 2.59 bits per heavy atom. The Morgan fingerprint density at radius 2 is 1.91 bits per heavy atom. The first-order chi connectivity index (χ1) is 10.5. The molecule has 2 aromatic rings. The second kappa shape index (κ2) is 8.31. The number of amides is 1. The molecule has 4 nitrogen and oxygen atoms in total. The van der Waals surface area contributed by atoms with Crippen LogP contribution in [0.15, 0.2) is 56.5 Å². The summed E-state index contributed by atoms with van der Waals surface area (Å²) in [6.45, 7) is 0.109. The van der Waals surface area contributed by atoms with Gasteiger partial charge in [-0.05, 0) is 51.8 Å². The minimum absolute atomic E-state index is 0.109. The van der Waals surface area contributed by atoms with E-state index in [9.17, 15) is 4.79 Å². The zero-order valence-corrected chi connectivity index (χ0v) is 15.2. The largest absolute Gasteiger partial charge is 0.375 e. The molecule has 0 aliphatic carbocycles. The molecule has 2 N–H and O–H groups in total. The predicted octanol–water partition coefficient (Wildman–Crippen LogP) is 4.43. The number of halogens is 3. The van der Waals surface area contributed by atoms with E-state index in [1.807, 2.05) is 24.3 Å². The normalized spacial score (nSPS) is 10.7. The van der Waals surface area contributed by atoms with Crippen molar-refractivity contribution in [1.82, 2.24) is 5.43 Å². The molecule has 0 aromatic heterocycles. The van der Waals surface area contributed by atoms with Crippen LogP contribution in [0.4, 0.5) is 5.69 Å². The lowest BCUT2D eigenvalue weighted by atomic mass is 10.2. The lowest BCUT2D eigenvalue weighted by Gasteiger charge is -2.07. The number of benzene rings is 2. The summed E-state index contributed by atoms with van der Waals surface area (Å²) in [5, 5.41) is 7.53. The average molecular weight is 446 g/mol. The minimum Gasteiger partial charge on any atom is -0.375 e. The summed E-state index contributed by atoms with van der Waals surface area (Å²) in [5.74, 6) is -0.241. The van der Waals surface area contributed by atoms with Crippen molar-refractivity contribution in [3.05, 3.63) is 62.0 Å². The molecule has 0 atom stereocenters. The standard InChI is InChI=1S/C15H12Br2ClN3O/c16-11-3-1-10(2-4-11)8-20-21-15(22)9-19-14-6-5-12(18)7-13(14)17/h1-8,19H,9H2,(H,21,22)/b20-8-. The minimum atomic E-state index is -0.241. The number of carbonyl (C=O) groups is 1. The summed E-state index contributed by atoms with van der Waals surface area (Å²) in [5.41, 5.74) is 4.15. The molecular weight excluding hydrogens is 433 g/mol. The van der Waals surface area contributed by atoms with Gasteiger partial charge in [-0.3, -0.25) is 4.79 Å². The van der Waals surface area contributed by atoms with Crippen LogP contribution in [0, 0.1) is 0 Å². The third-order valence-electron chi connectivity index (χ3n) is 2.64. The third kappa shape index (κ3) is 5.44. The van der Waals surface area contributed by atoms with Crippen LogP contribution in [-0.4, -0.2) is 18.7 Å². The van der Waals surface area contributed by atoms with E-state index in [2.05, 4.69) is 47.7 Å². The van der Waals surface area contributed by atoms with Crippen LogP contribution in [-0.2, 0) is 4.79 Å². The van der Waals surface area contributed by atoms with Crippen molar-refractivity contribution >= 4 is 61.3 Å². The summed E-state index contributed by atoms with van der Waals surface area (Å²) >= 11 is 12.6. The highest BCUT2D eigenvalue weighted by Gasteiger charge is 2.03. The molecule has 0 heterocycles. The number of carbonyl (C=O) groups excluding carboxylic acids is 1. The quantitative estimate of drug-likeness (QED) is 0.529. The molecule has 2 aromatic carbocycles. The van der Waals surface area contributed by atoms with Crippen molar-refractivity contribution in [2.24, 2.45) is 5.10 Å². The van der Waals surface area contributed by atoms with Crippen molar-refractivity contribution in [2.75, 3.05) is 11.9 Å². The van der Waals surface area contributed by atoms with Gasteiger partial charge in [-0.1, -0.05) is 39.7 Å². The summed E-state index contributed by atoms with van der Waals surface area (Å²) in [4.78, 5) is 11.7. The fourth-order valence-corrected chi connectivity index (χ4v) is 2.66. The number of rotatable bonds is 5. The van der Waals surface area contributed by atoms with E-state index >= 15 is 0 Å². The van der Waals surface area contributed by atoms with Crippen LogP contribution in [0.5, 0.6) is 0 Å². The monoisotopic (exact) mass is 443 g/mol. The molecule has 0 bridgehead atoms. The van der Waals surface area contributed by atoms with Crippen LogP contribution in [0.2, 0.25) is 5.02 Å². The molecule has 0 aliphatic rings. The Kier molecular flexibility index (Phi) is 6.42. The van der Waals surface area contributed by atoms with Crippen LogP contribution < -0.4 is 10.7 Å². The van der Waals surface area contributed by atoms with Gasteiger partial charge in [0, 0.05) is 19.7 Å². The van der Waals surface area contributed by atoms with Gasteiger partial charge in [-0.25, -0.2) is 5.43 Å². The molecule has 22 heavy (non-hydrogen) atoms. The van der Waals surface area contributed by atoms with Gasteiger partial charge in [0.15, 0.2) is 0 Å². The van der Waals surface area contributed by atoms with E-state index in [0.29, 0.717) is 5.02 Å². The molecule has 0 unspecified atom stereocenters. The van der Waals surface area contributed by atoms with Crippen LogP contribution >= 0.6 is 43.5 Å². The number of anilines is 1. The molecule has 1 amide bonds. The molecule has 0 spiro atoms. The van der Waals surface area contributed by atoms with Gasteiger partial charge in [-0.2, -0.15) is 5.10 Å². The molecule has 114 valence electrons. The number of hydrazone groups is 1. The highest BCUT2D eigenvalue weighted by Crippen LogP contribution is 2.25. The van der Waals surface area contributed by atoms with Crippen molar-refractivity contribution in [1.29, 1.82) is 0 Å². The Bertz CT molecular complexity index is 690. The Labute approximate surface area is 150 Å². The van der Waals surface area contributed by atoms with Gasteiger partial charge in [0.25, 0.3) is 5.91 Å². The average Bonchev–Trinajstić information content (AvgIpc) is 2.48. The third-order valence-corrected chi connectivity index (χ3v) is 4.06. The van der Waals surface area contributed by atoms with Gasteiger partial charge in [-0.15, -0.1) is 0 Å². The van der Waals surface area contributed by atoms with E-state index in [1.54, 1.807) is 24.4 Å². The van der Waals surface area contributed by atoms with Crippen LogP contribution in [0.25, 0.3) is 0 Å². The molecule has 2 rings (SSSR count). The maximum atomic E-state index is 11.7. The van der Waals surface area contributed by atoms with E-state index in [-0.39, 0.29) is 12.5 Å². The Hall–Kier alpha value is -1.37. The second-order valence-electron chi connectivity index (χ2n) is 4.32. The molecule has 0 saturated carbocycles. The predicted molar refractivity (Wildman–Crippen MR) is 97.5 cm³/mol. The van der Waals surface area contributed by atoms with E-state index in [4.69, 9.17) is 11.6 Å². The van der Waals surface area contributed by atoms with E-state index in [0.717, 1.165) is 20.2 Å². The molecule has 7 heteroatoms. The first-order valence-electron chi connectivity index (χ1n) is 6.31. The lowest BCUT2D eigenvalue weighted by Crippen LogP contribution is -2.26. The zero-order valence-electron chi connectivity index (χ0n) is 11.3. The molecule has 0 saturated heterocycles. The smallest absolute Gasteiger partial charge is 0.259 e. The second-order valence-corrected chi connectivity index (χ2v) is 6.53. The SMILES string of the molecule is O=C(CNc1ccc(Cl)cc1Br)N/N=C\c1ccc(Br)cc1. The van der Waals surface area contributed by atoms with Gasteiger partial charge >= 0.3 is 0 Å². The summed E-state index contributed by atoms with van der Waals surface area (Å²) < 4.78 is 1.79. The Balaban J connectivity index is 1.81. The first-order valence-corrected chi connectivity index (χ1v) is 8.27. The maximum Gasteiger partial charge on any atom is 0.259 e. The summed E-state index contributed by atoms with van der Waals surface area (Å²) in [6.07, 6.45) is 1.59. The van der Waals surface area contributed by atoms with Gasteiger partial charge in [0.2, 0.25) is 0 Å². The highest BCUT2D eigenvalue weighted by molar-refractivity contribution is 9.10. The maximum absolute atomic E-state index is 11.7. The molecule has 0 radical (unpaired) electrons. The van der Waals surface area contributed by atoms with E-state index < -0.39 is 0 Å². The topological polar surface area (TPSA) is 53.5 Å². The van der Waals surface area contributed by atoms with Gasteiger partial charge < -0.3 is 5.32 Å². The number of hydrogen-bond donors (Lipinski definition) is 2. The van der Waals surface area contributed by atoms with Crippen molar-refractivity contribution in [3.8, 4) is 0 Å². The summed E-state index contributed by atoms with van der Waals surface area (Å²) in [7, 11) is 0. The fraction of sp³-hybridized carbons (Fsp3) is 0.0667. The number of hydrogen-bond acceptors (Lipinski definition) is 3. The van der Waals surface area contributed by atoms with Gasteiger partial charge in [0.1, 0.15) is 0 Å². The molecular formula is C15H12Br2ClN3O. The number of nitrogens with zero attached hydrogens (tertiary/aromatic N) is 1. The first kappa shape index (κ1) is 17.0. The van der Waals surface area contributed by atoms with E-state index in [1.165, 1.54) is 0 Å². The highest BCUT2D eigenvalue weighted by atomic mass is 79.9. The van der Waals surface area contributed by atoms with Crippen molar-refractivity contribution < 1.29 is 4.79 Å². The molecule has 0 fully saturated rings. The molecule has 0 aliphatic heterocycles. The van der Waals surface area contributed by atoms with Crippen molar-refractivity contribution in [3.63, 3.8) is 0 Å². The Morgan fingerprint density at radius 1 is 1.18 bits per heavy atom. The lowest BCUT2D eigenvalue weighted by molar-refractivity contribution is -0.119. The summed E-state index contributed by atoms with van der Waals surface area (Å²) in [6, 6.07) is 12.9. The number of nitrogens with one attached hydrogen (secondary N) is 2. The van der Waals surface area contributed by atoms with Gasteiger partial charge in [0.05, 0.1) is 12.8 Å². The zero-order chi connectivity index (χ0) is 15.9. The van der Waals surface area contributed by atoms with Crippen LogP contribution in [0.3, 0.4) is 0 Å².